The number of rotatable bonds is 8. The van der Waals surface area contributed by atoms with E-state index in [9.17, 15) is 5.11 Å². The number of nitrogens with one attached hydrogen (secondary N) is 2. The van der Waals surface area contributed by atoms with E-state index in [1.807, 2.05) is 38.1 Å². The first kappa shape index (κ1) is 23.9. The van der Waals surface area contributed by atoms with Gasteiger partial charge in [0.2, 0.25) is 0 Å². The molecule has 0 saturated heterocycles. The summed E-state index contributed by atoms with van der Waals surface area (Å²) >= 11 is 0. The molecule has 0 bridgehead atoms. The van der Waals surface area contributed by atoms with Crippen molar-refractivity contribution in [3.05, 3.63) is 65.2 Å². The van der Waals surface area contributed by atoms with Gasteiger partial charge in [0.1, 0.15) is 5.75 Å². The zero-order valence-electron chi connectivity index (χ0n) is 18.5. The fraction of sp³-hybridized carbons (Fsp3) is 0.480. The lowest BCUT2D eigenvalue weighted by molar-refractivity contribution is 0.186. The summed E-state index contributed by atoms with van der Waals surface area (Å²) in [5.41, 5.74) is 3.91. The third-order valence-electron chi connectivity index (χ3n) is 6.11. The lowest BCUT2D eigenvalue weighted by Gasteiger charge is -2.15. The molecule has 2 aliphatic rings. The van der Waals surface area contributed by atoms with Crippen molar-refractivity contribution in [1.29, 1.82) is 0 Å². The second-order valence-corrected chi connectivity index (χ2v) is 8.61. The van der Waals surface area contributed by atoms with Crippen LogP contribution in [0.25, 0.3) is 0 Å². The molecule has 3 N–H and O–H groups in total. The van der Waals surface area contributed by atoms with Gasteiger partial charge in [0.05, 0.1) is 18.8 Å². The number of ether oxygens (including phenoxy) is 1. The fourth-order valence-electron chi connectivity index (χ4n) is 4.64. The molecule has 0 heterocycles. The van der Waals surface area contributed by atoms with E-state index in [2.05, 4.69) is 46.8 Å². The minimum absolute atomic E-state index is 0. The molecular formula is C25H34IN3O2. The minimum atomic E-state index is -0.638. The van der Waals surface area contributed by atoms with Gasteiger partial charge in [-0.1, -0.05) is 36.4 Å². The molecule has 0 radical (unpaired) electrons. The van der Waals surface area contributed by atoms with Crippen LogP contribution in [-0.2, 0) is 6.42 Å². The maximum atomic E-state index is 10.5. The Morgan fingerprint density at radius 3 is 2.58 bits per heavy atom. The zero-order chi connectivity index (χ0) is 21.1. The maximum absolute atomic E-state index is 10.5. The number of nitrogens with zero attached hydrogens (tertiary/aromatic N) is 1. The summed E-state index contributed by atoms with van der Waals surface area (Å²) < 4.78 is 5.66. The van der Waals surface area contributed by atoms with E-state index in [-0.39, 0.29) is 30.1 Å². The highest BCUT2D eigenvalue weighted by atomic mass is 127. The average molecular weight is 535 g/mol. The van der Waals surface area contributed by atoms with Crippen molar-refractivity contribution in [2.24, 2.45) is 16.8 Å². The summed E-state index contributed by atoms with van der Waals surface area (Å²) in [5, 5.41) is 17.3. The van der Waals surface area contributed by atoms with Gasteiger partial charge < -0.3 is 20.5 Å². The Morgan fingerprint density at radius 1 is 1.13 bits per heavy atom. The Bertz CT molecular complexity index is 885. The monoisotopic (exact) mass is 535 g/mol. The van der Waals surface area contributed by atoms with Gasteiger partial charge in [0, 0.05) is 13.1 Å². The maximum Gasteiger partial charge on any atom is 0.191 e. The number of fused-ring (bicyclic) bond motifs is 3. The highest BCUT2D eigenvalue weighted by Crippen LogP contribution is 2.60. The molecule has 5 nitrogen and oxygen atoms in total. The van der Waals surface area contributed by atoms with Gasteiger partial charge in [-0.3, -0.25) is 4.99 Å². The van der Waals surface area contributed by atoms with Crippen LogP contribution in [0.1, 0.15) is 49.5 Å². The molecule has 0 amide bonds. The number of aliphatic hydroxyl groups is 1. The predicted molar refractivity (Wildman–Crippen MR) is 136 cm³/mol. The van der Waals surface area contributed by atoms with Gasteiger partial charge in [0.25, 0.3) is 0 Å². The molecule has 0 aliphatic heterocycles. The molecule has 168 valence electrons. The highest BCUT2D eigenvalue weighted by molar-refractivity contribution is 14.0. The molecule has 6 heteroatoms. The Labute approximate surface area is 202 Å². The van der Waals surface area contributed by atoms with Gasteiger partial charge in [0.15, 0.2) is 5.96 Å². The summed E-state index contributed by atoms with van der Waals surface area (Å²) in [4.78, 5) is 4.61. The van der Waals surface area contributed by atoms with E-state index in [4.69, 9.17) is 4.74 Å². The number of benzene rings is 2. The smallest absolute Gasteiger partial charge is 0.191 e. The second kappa shape index (κ2) is 10.7. The molecule has 1 saturated carbocycles. The van der Waals surface area contributed by atoms with Crippen LogP contribution in [-0.4, -0.2) is 36.8 Å². The lowest BCUT2D eigenvalue weighted by Crippen LogP contribution is -2.39. The molecule has 0 aromatic heterocycles. The van der Waals surface area contributed by atoms with E-state index in [1.54, 1.807) is 0 Å². The normalized spacial score (nSPS) is 22.2. The van der Waals surface area contributed by atoms with Crippen molar-refractivity contribution in [1.82, 2.24) is 10.6 Å². The van der Waals surface area contributed by atoms with Gasteiger partial charge in [-0.2, -0.15) is 0 Å². The van der Waals surface area contributed by atoms with Crippen LogP contribution < -0.4 is 15.4 Å². The zero-order valence-corrected chi connectivity index (χ0v) is 20.9. The standard InChI is InChI=1S/C25H33N3O2.HI/c1-4-26-25(27-14-22-21-13-18-7-5-6-8-20(18)24(21)22)28-15-23(29)17-9-11-19(12-10-17)30-16(2)3;/h5-12,16,21-24,29H,4,13-15H2,1-3H3,(H2,26,27,28);1H. The Kier molecular flexibility index (Phi) is 8.22. The van der Waals surface area contributed by atoms with E-state index in [1.165, 1.54) is 17.5 Å². The van der Waals surface area contributed by atoms with E-state index >= 15 is 0 Å². The third-order valence-corrected chi connectivity index (χ3v) is 6.11. The summed E-state index contributed by atoms with van der Waals surface area (Å²) in [5.74, 6) is 3.75. The molecule has 2 aliphatic carbocycles. The number of aliphatic hydroxyl groups excluding tert-OH is 1. The molecular weight excluding hydrogens is 501 g/mol. The van der Waals surface area contributed by atoms with Gasteiger partial charge in [-0.25, -0.2) is 0 Å². The number of halogens is 1. The summed E-state index contributed by atoms with van der Waals surface area (Å²) in [6.07, 6.45) is 0.704. The van der Waals surface area contributed by atoms with Crippen LogP contribution >= 0.6 is 24.0 Å². The van der Waals surface area contributed by atoms with Crippen LogP contribution in [0.4, 0.5) is 0 Å². The molecule has 2 aromatic carbocycles. The molecule has 1 fully saturated rings. The fourth-order valence-corrected chi connectivity index (χ4v) is 4.64. The van der Waals surface area contributed by atoms with Gasteiger partial charge in [-0.05, 0) is 73.8 Å². The molecule has 31 heavy (non-hydrogen) atoms. The molecule has 4 rings (SSSR count). The van der Waals surface area contributed by atoms with E-state index in [0.29, 0.717) is 18.4 Å². The molecule has 0 spiro atoms. The summed E-state index contributed by atoms with van der Waals surface area (Å²) in [6, 6.07) is 16.4. The van der Waals surface area contributed by atoms with Crippen molar-refractivity contribution >= 4 is 29.9 Å². The first-order valence-electron chi connectivity index (χ1n) is 11.1. The topological polar surface area (TPSA) is 65.9 Å². The summed E-state index contributed by atoms with van der Waals surface area (Å²) in [6.45, 7) is 8.10. The SMILES string of the molecule is CCNC(=NCC(O)c1ccc(OC(C)C)cc1)NCC1C2Cc3ccccc3C12.I. The second-order valence-electron chi connectivity index (χ2n) is 8.61. The van der Waals surface area contributed by atoms with Crippen LogP contribution in [0.5, 0.6) is 5.75 Å². The average Bonchev–Trinajstić information content (AvgIpc) is 3.27. The van der Waals surface area contributed by atoms with Crippen LogP contribution in [0, 0.1) is 11.8 Å². The van der Waals surface area contributed by atoms with Crippen LogP contribution in [0.3, 0.4) is 0 Å². The van der Waals surface area contributed by atoms with Crippen molar-refractivity contribution in [2.45, 2.75) is 45.3 Å². The number of guanidine groups is 1. The molecule has 4 atom stereocenters. The van der Waals surface area contributed by atoms with Crippen molar-refractivity contribution in [3.8, 4) is 5.75 Å². The summed E-state index contributed by atoms with van der Waals surface area (Å²) in [7, 11) is 0. The first-order chi connectivity index (χ1) is 14.6. The Hall–Kier alpha value is -1.80. The number of hydrogen-bond donors (Lipinski definition) is 3. The van der Waals surface area contributed by atoms with Gasteiger partial charge in [-0.15, -0.1) is 24.0 Å². The number of hydrogen-bond acceptors (Lipinski definition) is 3. The van der Waals surface area contributed by atoms with Crippen LogP contribution in [0.15, 0.2) is 53.5 Å². The predicted octanol–water partition coefficient (Wildman–Crippen LogP) is 4.27. The lowest BCUT2D eigenvalue weighted by atomic mass is 10.0. The first-order valence-corrected chi connectivity index (χ1v) is 11.1. The minimum Gasteiger partial charge on any atom is -0.491 e. The van der Waals surface area contributed by atoms with E-state index < -0.39 is 6.10 Å². The Morgan fingerprint density at radius 2 is 1.87 bits per heavy atom. The van der Waals surface area contributed by atoms with Crippen molar-refractivity contribution in [3.63, 3.8) is 0 Å². The quantitative estimate of drug-likeness (QED) is 0.269. The van der Waals surface area contributed by atoms with Crippen LogP contribution in [0.2, 0.25) is 0 Å². The Balaban J connectivity index is 0.00000272. The highest BCUT2D eigenvalue weighted by Gasteiger charge is 2.54. The molecule has 2 aromatic rings. The van der Waals surface area contributed by atoms with E-state index in [0.717, 1.165) is 36.3 Å². The molecule has 4 unspecified atom stereocenters. The largest absolute Gasteiger partial charge is 0.491 e. The number of aliphatic imine (C=N–C) groups is 1. The van der Waals surface area contributed by atoms with Crippen molar-refractivity contribution in [2.75, 3.05) is 19.6 Å². The third kappa shape index (κ3) is 5.71. The van der Waals surface area contributed by atoms with Crippen molar-refractivity contribution < 1.29 is 9.84 Å². The van der Waals surface area contributed by atoms with Gasteiger partial charge >= 0.3 is 0 Å².